The van der Waals surface area contributed by atoms with E-state index in [4.69, 9.17) is 0 Å². The van der Waals surface area contributed by atoms with Crippen molar-refractivity contribution in [1.82, 2.24) is 5.32 Å². The molecule has 0 aliphatic carbocycles. The Morgan fingerprint density at radius 2 is 1.58 bits per heavy atom. The molecule has 2 aromatic rings. The van der Waals surface area contributed by atoms with Crippen molar-refractivity contribution in [2.75, 3.05) is 0 Å². The first-order valence-corrected chi connectivity index (χ1v) is 14.1. The average Bonchev–Trinajstić information content (AvgIpc) is 2.83. The lowest BCUT2D eigenvalue weighted by molar-refractivity contribution is 0.469. The Hall–Kier alpha value is -2.28. The molecule has 2 aromatic carbocycles. The summed E-state index contributed by atoms with van der Waals surface area (Å²) in [6.07, 6.45) is 11.8. The number of thioether (sulfide) groups is 1. The van der Waals surface area contributed by atoms with Gasteiger partial charge in [0.1, 0.15) is 0 Å². The summed E-state index contributed by atoms with van der Waals surface area (Å²) >= 11 is 1.72. The maximum Gasteiger partial charge on any atom is 0.0522 e. The van der Waals surface area contributed by atoms with E-state index in [-0.39, 0.29) is 0 Å². The van der Waals surface area contributed by atoms with Crippen LogP contribution >= 0.6 is 21.0 Å². The fraction of sp³-hybridized carbons (Fsp3) is 0.333. The minimum Gasteiger partial charge on any atom is -0.354 e. The Labute approximate surface area is 227 Å². The van der Waals surface area contributed by atoms with Crippen molar-refractivity contribution >= 4 is 31.8 Å². The van der Waals surface area contributed by atoms with Crippen LogP contribution in [0.25, 0.3) is 10.8 Å². The van der Waals surface area contributed by atoms with Gasteiger partial charge in [-0.15, -0.1) is 9.24 Å². The largest absolute Gasteiger partial charge is 0.354 e. The van der Waals surface area contributed by atoms with Gasteiger partial charge in [0, 0.05) is 9.81 Å². The number of hydrogen-bond donors (Lipinski definition) is 1. The van der Waals surface area contributed by atoms with Crippen molar-refractivity contribution in [1.29, 1.82) is 0 Å². The summed E-state index contributed by atoms with van der Waals surface area (Å²) in [5, 5.41) is 6.11. The van der Waals surface area contributed by atoms with E-state index >= 15 is 0 Å². The maximum absolute atomic E-state index is 3.84. The molecule has 36 heavy (non-hydrogen) atoms. The standard InChI is InChI=1S/C14H17NS.C14H17P.C5H12/c1-5-9-11-13(7-3)16-14(8-4)12(15-11)10-6-2;1-10(11(2)15)13-9-5-7-12-6-3-4-8-14(12)13;1-5(2,3)4/h5-10,15H,1,4H2,2-3H3;3-11H,15H2,1-2H3;1-4H3/b10-6-,11-9+,13-7+;;. The molecular weight excluding hydrogens is 473 g/mol. The van der Waals surface area contributed by atoms with Gasteiger partial charge in [0.25, 0.3) is 0 Å². The number of nitrogens with one attached hydrogen (secondary N) is 1. The van der Waals surface area contributed by atoms with Crippen molar-refractivity contribution in [3.05, 3.63) is 119 Å². The number of fused-ring (bicyclic) bond motifs is 1. The predicted octanol–water partition coefficient (Wildman–Crippen LogP) is 10.5. The molecule has 1 N–H and O–H groups in total. The summed E-state index contributed by atoms with van der Waals surface area (Å²) in [6.45, 7) is 24.9. The van der Waals surface area contributed by atoms with E-state index in [1.54, 1.807) is 17.8 Å². The molecule has 3 atom stereocenters. The van der Waals surface area contributed by atoms with Gasteiger partial charge in [0.15, 0.2) is 0 Å². The molecule has 0 radical (unpaired) electrons. The normalized spacial score (nSPS) is 17.6. The number of rotatable bonds is 5. The highest BCUT2D eigenvalue weighted by atomic mass is 32.2. The molecule has 3 heteroatoms. The van der Waals surface area contributed by atoms with E-state index in [1.807, 2.05) is 38.2 Å². The zero-order valence-corrected chi connectivity index (χ0v) is 25.5. The van der Waals surface area contributed by atoms with E-state index in [9.17, 15) is 0 Å². The Kier molecular flexibility index (Phi) is 13.9. The van der Waals surface area contributed by atoms with E-state index in [0.717, 1.165) is 16.3 Å². The summed E-state index contributed by atoms with van der Waals surface area (Å²) in [6, 6.07) is 15.2. The van der Waals surface area contributed by atoms with Gasteiger partial charge in [-0.2, -0.15) is 0 Å². The van der Waals surface area contributed by atoms with Crippen LogP contribution in [-0.2, 0) is 0 Å². The van der Waals surface area contributed by atoms with Crippen LogP contribution in [-0.4, -0.2) is 5.66 Å². The molecule has 0 bridgehead atoms. The zero-order chi connectivity index (χ0) is 27.3. The van der Waals surface area contributed by atoms with Crippen LogP contribution < -0.4 is 5.32 Å². The summed E-state index contributed by atoms with van der Waals surface area (Å²) < 4.78 is 0. The molecular formula is C33H46NPS. The molecule has 3 rings (SSSR count). The monoisotopic (exact) mass is 519 g/mol. The highest BCUT2D eigenvalue weighted by molar-refractivity contribution is 8.07. The minimum atomic E-state index is 0.500. The molecule has 1 aliphatic rings. The summed E-state index contributed by atoms with van der Waals surface area (Å²) in [7, 11) is 2.90. The smallest absolute Gasteiger partial charge is 0.0522 e. The molecule has 0 saturated heterocycles. The Balaban J connectivity index is 0.000000304. The Morgan fingerprint density at radius 3 is 2.11 bits per heavy atom. The lowest BCUT2D eigenvalue weighted by Gasteiger charge is -2.22. The number of allylic oxidation sites excluding steroid dienone is 6. The van der Waals surface area contributed by atoms with E-state index < -0.39 is 0 Å². The third-order valence-electron chi connectivity index (χ3n) is 5.19. The van der Waals surface area contributed by atoms with E-state index in [0.29, 0.717) is 17.0 Å². The number of hydrogen-bond acceptors (Lipinski definition) is 2. The SMILES string of the molecule is C=C/C=C1/NC(/C=C\C)=C(C=C)S/C1=C/C.CC(C)(C)C.CC(P)C(C)c1cccc2ccccc12. The minimum absolute atomic E-state index is 0.500. The summed E-state index contributed by atoms with van der Waals surface area (Å²) in [5.41, 5.74) is 4.73. The molecule has 1 heterocycles. The van der Waals surface area contributed by atoms with Crippen molar-refractivity contribution in [3.8, 4) is 0 Å². The molecule has 0 aromatic heterocycles. The van der Waals surface area contributed by atoms with Crippen LogP contribution in [0.15, 0.2) is 113 Å². The molecule has 0 saturated carbocycles. The molecule has 1 aliphatic heterocycles. The molecule has 3 unspecified atom stereocenters. The Morgan fingerprint density at radius 1 is 0.972 bits per heavy atom. The molecule has 1 nitrogen and oxygen atoms in total. The van der Waals surface area contributed by atoms with Gasteiger partial charge in [-0.25, -0.2) is 0 Å². The highest BCUT2D eigenvalue weighted by Crippen LogP contribution is 2.37. The van der Waals surface area contributed by atoms with Crippen molar-refractivity contribution in [3.63, 3.8) is 0 Å². The van der Waals surface area contributed by atoms with E-state index in [1.165, 1.54) is 21.2 Å². The fourth-order valence-corrected chi connectivity index (χ4v) is 4.43. The van der Waals surface area contributed by atoms with Crippen molar-refractivity contribution in [2.45, 2.75) is 67.0 Å². The third-order valence-corrected chi connectivity index (χ3v) is 7.05. The van der Waals surface area contributed by atoms with Gasteiger partial charge < -0.3 is 5.32 Å². The lowest BCUT2D eigenvalue weighted by Crippen LogP contribution is -2.17. The van der Waals surface area contributed by atoms with Crippen LogP contribution in [0.4, 0.5) is 0 Å². The van der Waals surface area contributed by atoms with Crippen LogP contribution in [0.3, 0.4) is 0 Å². The summed E-state index contributed by atoms with van der Waals surface area (Å²) in [4.78, 5) is 2.34. The summed E-state index contributed by atoms with van der Waals surface area (Å²) in [5.74, 6) is 0.584. The highest BCUT2D eigenvalue weighted by Gasteiger charge is 2.16. The molecule has 0 amide bonds. The van der Waals surface area contributed by atoms with Crippen molar-refractivity contribution < 1.29 is 0 Å². The van der Waals surface area contributed by atoms with Gasteiger partial charge >= 0.3 is 0 Å². The molecule has 0 spiro atoms. The molecule has 0 fully saturated rings. The van der Waals surface area contributed by atoms with Crippen LogP contribution in [0.5, 0.6) is 0 Å². The maximum atomic E-state index is 3.84. The second kappa shape index (κ2) is 15.7. The topological polar surface area (TPSA) is 12.0 Å². The second-order valence-corrected chi connectivity index (χ2v) is 12.5. The Bertz CT molecular complexity index is 1110. The first kappa shape index (κ1) is 31.7. The fourth-order valence-electron chi connectivity index (χ4n) is 3.33. The van der Waals surface area contributed by atoms with Gasteiger partial charge in [0.05, 0.1) is 11.4 Å². The van der Waals surface area contributed by atoms with Gasteiger partial charge in [-0.1, -0.05) is 133 Å². The van der Waals surface area contributed by atoms with Gasteiger partial charge in [-0.05, 0) is 59.3 Å². The second-order valence-electron chi connectivity index (χ2n) is 10.4. The first-order chi connectivity index (χ1) is 17.0. The third kappa shape index (κ3) is 10.8. The average molecular weight is 520 g/mol. The predicted molar refractivity (Wildman–Crippen MR) is 171 cm³/mol. The van der Waals surface area contributed by atoms with Crippen molar-refractivity contribution in [2.24, 2.45) is 5.41 Å². The van der Waals surface area contributed by atoms with Gasteiger partial charge in [-0.3, -0.25) is 0 Å². The van der Waals surface area contributed by atoms with Crippen LogP contribution in [0.2, 0.25) is 0 Å². The lowest BCUT2D eigenvalue weighted by atomic mass is 9.93. The zero-order valence-electron chi connectivity index (χ0n) is 23.6. The quantitative estimate of drug-likeness (QED) is 0.394. The number of benzene rings is 2. The molecule has 194 valence electrons. The first-order valence-electron chi connectivity index (χ1n) is 12.6. The van der Waals surface area contributed by atoms with Crippen LogP contribution in [0.1, 0.15) is 66.9 Å². The van der Waals surface area contributed by atoms with Crippen LogP contribution in [0, 0.1) is 5.41 Å². The van der Waals surface area contributed by atoms with Gasteiger partial charge in [0.2, 0.25) is 0 Å². The van der Waals surface area contributed by atoms with E-state index in [2.05, 4.69) is 118 Å².